The van der Waals surface area contributed by atoms with Gasteiger partial charge in [-0.15, -0.1) is 0 Å². The molecule has 4 heteroatoms. The summed E-state index contributed by atoms with van der Waals surface area (Å²) in [5.41, 5.74) is 3.55. The Morgan fingerprint density at radius 3 is 1.86 bits per heavy atom. The van der Waals surface area contributed by atoms with E-state index >= 15 is 0 Å². The van der Waals surface area contributed by atoms with E-state index in [0.717, 1.165) is 11.5 Å². The quantitative estimate of drug-likeness (QED) is 0.799. The molecule has 2 spiro atoms. The second kappa shape index (κ2) is 5.53. The summed E-state index contributed by atoms with van der Waals surface area (Å²) >= 11 is 0. The zero-order valence-electron chi connectivity index (χ0n) is 16.9. The van der Waals surface area contributed by atoms with Gasteiger partial charge in [0.05, 0.1) is 44.2 Å². The molecule has 7 aliphatic rings. The third kappa shape index (κ3) is 1.67. The van der Waals surface area contributed by atoms with Crippen molar-refractivity contribution >= 4 is 0 Å². The monoisotopic (exact) mass is 388 g/mol. The smallest absolute Gasteiger partial charge is 0.191 e. The summed E-state index contributed by atoms with van der Waals surface area (Å²) in [4.78, 5) is 0. The van der Waals surface area contributed by atoms with Gasteiger partial charge in [0.2, 0.25) is 0 Å². The first-order chi connectivity index (χ1) is 14.2. The topological polar surface area (TPSA) is 36.9 Å². The molecular formula is C25H24O4. The van der Waals surface area contributed by atoms with Crippen LogP contribution < -0.4 is 0 Å². The summed E-state index contributed by atoms with van der Waals surface area (Å²) in [6.45, 7) is 1.19. The highest BCUT2D eigenvalue weighted by molar-refractivity contribution is 5.68. The first-order valence-corrected chi connectivity index (χ1v) is 10.0. The summed E-state index contributed by atoms with van der Waals surface area (Å²) < 4.78 is 24.7. The fourth-order valence-corrected chi connectivity index (χ4v) is 6.51. The van der Waals surface area contributed by atoms with Crippen molar-refractivity contribution in [3.05, 3.63) is 94.5 Å². The molecule has 0 saturated carbocycles. The maximum atomic E-state index is 6.37. The van der Waals surface area contributed by atoms with Gasteiger partial charge in [-0.2, -0.15) is 0 Å². The van der Waals surface area contributed by atoms with Crippen LogP contribution in [0.5, 0.6) is 0 Å². The maximum absolute atomic E-state index is 6.37. The van der Waals surface area contributed by atoms with E-state index in [9.17, 15) is 0 Å². The van der Waals surface area contributed by atoms with Gasteiger partial charge in [0, 0.05) is 7.11 Å². The Morgan fingerprint density at radius 2 is 1.34 bits per heavy atom. The Balaban J connectivity index is 1.87. The van der Waals surface area contributed by atoms with Crippen molar-refractivity contribution in [2.75, 3.05) is 34.5 Å². The SMILES string of the molecule is COC1=CC23C=C(OC)C1(OC)C1c4ccccc4C2(COC3)c2ccccc21. The van der Waals surface area contributed by atoms with Gasteiger partial charge in [0.25, 0.3) is 0 Å². The predicted molar refractivity (Wildman–Crippen MR) is 109 cm³/mol. The molecule has 0 aromatic heterocycles. The number of benzene rings is 2. The lowest BCUT2D eigenvalue weighted by Crippen LogP contribution is -2.58. The van der Waals surface area contributed by atoms with Gasteiger partial charge in [0.1, 0.15) is 11.5 Å². The summed E-state index contributed by atoms with van der Waals surface area (Å²) in [5, 5.41) is 0. The van der Waals surface area contributed by atoms with Crippen molar-refractivity contribution in [2.45, 2.75) is 16.9 Å². The zero-order chi connectivity index (χ0) is 19.9. The van der Waals surface area contributed by atoms with Gasteiger partial charge in [-0.3, -0.25) is 0 Å². The Morgan fingerprint density at radius 1 is 0.793 bits per heavy atom. The van der Waals surface area contributed by atoms with E-state index < -0.39 is 11.0 Å². The van der Waals surface area contributed by atoms with Gasteiger partial charge in [-0.25, -0.2) is 0 Å². The molecule has 0 atom stereocenters. The average Bonchev–Trinajstić information content (AvgIpc) is 3.09. The number of ether oxygens (including phenoxy) is 4. The van der Waals surface area contributed by atoms with Crippen LogP contribution in [0.4, 0.5) is 0 Å². The summed E-state index contributed by atoms with van der Waals surface area (Å²) in [5.74, 6) is 1.51. The van der Waals surface area contributed by atoms with E-state index in [1.54, 1.807) is 21.3 Å². The minimum atomic E-state index is -0.865. The highest BCUT2D eigenvalue weighted by Gasteiger charge is 2.69. The van der Waals surface area contributed by atoms with Crippen molar-refractivity contribution in [3.63, 3.8) is 0 Å². The van der Waals surface area contributed by atoms with Crippen LogP contribution in [0.1, 0.15) is 28.2 Å². The van der Waals surface area contributed by atoms with Crippen molar-refractivity contribution in [3.8, 4) is 0 Å². The Hall–Kier alpha value is -2.56. The van der Waals surface area contributed by atoms with Crippen LogP contribution in [0.15, 0.2) is 72.2 Å². The normalized spacial score (nSPS) is 35.6. The fraction of sp³-hybridized carbons (Fsp3) is 0.360. The number of rotatable bonds is 3. The highest BCUT2D eigenvalue weighted by atomic mass is 16.6. The molecule has 4 nitrogen and oxygen atoms in total. The minimum absolute atomic E-state index is 0.0816. The molecule has 0 N–H and O–H groups in total. The largest absolute Gasteiger partial charge is 0.498 e. The summed E-state index contributed by atoms with van der Waals surface area (Å²) in [6, 6.07) is 17.5. The van der Waals surface area contributed by atoms with Gasteiger partial charge >= 0.3 is 0 Å². The fourth-order valence-electron chi connectivity index (χ4n) is 6.51. The minimum Gasteiger partial charge on any atom is -0.498 e. The van der Waals surface area contributed by atoms with Crippen LogP contribution in [-0.4, -0.2) is 40.1 Å². The van der Waals surface area contributed by atoms with Crippen LogP contribution in [0.3, 0.4) is 0 Å². The molecule has 4 bridgehead atoms. The van der Waals surface area contributed by atoms with Crippen LogP contribution in [0, 0.1) is 5.41 Å². The van der Waals surface area contributed by atoms with E-state index in [2.05, 4.69) is 60.7 Å². The highest BCUT2D eigenvalue weighted by Crippen LogP contribution is 2.68. The molecule has 148 valence electrons. The molecule has 1 heterocycles. The second-order valence-corrected chi connectivity index (χ2v) is 8.41. The summed E-state index contributed by atoms with van der Waals surface area (Å²) in [7, 11) is 5.19. The third-order valence-corrected chi connectivity index (χ3v) is 7.59. The second-order valence-electron chi connectivity index (χ2n) is 8.41. The van der Waals surface area contributed by atoms with Gasteiger partial charge < -0.3 is 18.9 Å². The van der Waals surface area contributed by atoms with Crippen LogP contribution in [0.2, 0.25) is 0 Å². The molecule has 1 aliphatic heterocycles. The third-order valence-electron chi connectivity index (χ3n) is 7.59. The molecule has 0 radical (unpaired) electrons. The van der Waals surface area contributed by atoms with Crippen molar-refractivity contribution in [1.29, 1.82) is 0 Å². The lowest BCUT2D eigenvalue weighted by molar-refractivity contribution is -0.0500. The Labute approximate surface area is 170 Å². The lowest BCUT2D eigenvalue weighted by Gasteiger charge is -2.57. The van der Waals surface area contributed by atoms with Crippen molar-refractivity contribution in [2.24, 2.45) is 5.41 Å². The van der Waals surface area contributed by atoms with Crippen LogP contribution >= 0.6 is 0 Å². The zero-order valence-corrected chi connectivity index (χ0v) is 16.9. The van der Waals surface area contributed by atoms with Crippen molar-refractivity contribution in [1.82, 2.24) is 0 Å². The molecule has 1 fully saturated rings. The Kier molecular flexibility index (Phi) is 3.30. The predicted octanol–water partition coefficient (Wildman–Crippen LogP) is 3.91. The van der Waals surface area contributed by atoms with E-state index in [0.29, 0.717) is 13.2 Å². The summed E-state index contributed by atoms with van der Waals surface area (Å²) in [6.07, 6.45) is 4.48. The van der Waals surface area contributed by atoms with E-state index in [1.807, 2.05) is 0 Å². The number of hydrogen-bond acceptors (Lipinski definition) is 4. The van der Waals surface area contributed by atoms with E-state index in [4.69, 9.17) is 18.9 Å². The first-order valence-electron chi connectivity index (χ1n) is 10.0. The van der Waals surface area contributed by atoms with Gasteiger partial charge in [-0.1, -0.05) is 48.5 Å². The molecule has 29 heavy (non-hydrogen) atoms. The van der Waals surface area contributed by atoms with Gasteiger partial charge in [0.15, 0.2) is 5.60 Å². The van der Waals surface area contributed by atoms with E-state index in [1.165, 1.54) is 22.3 Å². The lowest BCUT2D eigenvalue weighted by atomic mass is 9.47. The molecule has 2 aromatic rings. The maximum Gasteiger partial charge on any atom is 0.191 e. The molecule has 0 unspecified atom stereocenters. The molecule has 9 rings (SSSR count). The number of hydrogen-bond donors (Lipinski definition) is 0. The first kappa shape index (κ1) is 17.3. The van der Waals surface area contributed by atoms with Crippen molar-refractivity contribution < 1.29 is 18.9 Å². The van der Waals surface area contributed by atoms with Gasteiger partial charge in [-0.05, 0) is 34.4 Å². The number of methoxy groups -OCH3 is 3. The Bertz CT molecular complexity index is 1010. The molecule has 6 aliphatic carbocycles. The van der Waals surface area contributed by atoms with Crippen LogP contribution in [0.25, 0.3) is 0 Å². The average molecular weight is 388 g/mol. The molecular weight excluding hydrogens is 364 g/mol. The molecule has 2 aromatic carbocycles. The van der Waals surface area contributed by atoms with E-state index in [-0.39, 0.29) is 11.3 Å². The standard InChI is InChI=1S/C25H24O4/c1-26-20-12-23-13-21(27-2)25(20,28-3)22-16-8-4-6-10-18(16)24(23,15-29-14-23)19-11-7-5-9-17(19)22/h4-13,22H,14-15H2,1-3H3. The molecule has 0 amide bonds. The van der Waals surface area contributed by atoms with Crippen LogP contribution in [-0.2, 0) is 24.4 Å². The molecule has 1 saturated heterocycles.